The van der Waals surface area contributed by atoms with Crippen LogP contribution in [0, 0.1) is 0 Å². The fourth-order valence-electron chi connectivity index (χ4n) is 2.41. The molecule has 1 aliphatic heterocycles. The first-order valence-electron chi connectivity index (χ1n) is 6.73. The molecule has 2 aromatic rings. The highest BCUT2D eigenvalue weighted by atomic mass is 32.1. The van der Waals surface area contributed by atoms with Crippen LogP contribution in [0.3, 0.4) is 0 Å². The zero-order valence-electron chi connectivity index (χ0n) is 10.9. The van der Waals surface area contributed by atoms with Gasteiger partial charge in [-0.1, -0.05) is 23.5 Å². The molecule has 0 unspecified atom stereocenters. The molecule has 0 bridgehead atoms. The van der Waals surface area contributed by atoms with Crippen LogP contribution in [0.1, 0.15) is 29.8 Å². The number of aromatic nitrogens is 2. The molecule has 1 saturated heterocycles. The molecule has 0 spiro atoms. The molecule has 0 saturated carbocycles. The van der Waals surface area contributed by atoms with Crippen molar-refractivity contribution in [1.29, 1.82) is 0 Å². The lowest BCUT2D eigenvalue weighted by Crippen LogP contribution is -2.29. The van der Waals surface area contributed by atoms with Crippen LogP contribution in [0.25, 0.3) is 0 Å². The van der Waals surface area contributed by atoms with E-state index < -0.39 is 0 Å². The molecule has 3 rings (SSSR count). The first kappa shape index (κ1) is 12.4. The SMILES string of the molecule is Nc1cccc(Cc2nnc(N3CCCCC3)s2)c1. The average Bonchev–Trinajstić information content (AvgIpc) is 2.88. The van der Waals surface area contributed by atoms with Crippen LogP contribution in [-0.2, 0) is 6.42 Å². The van der Waals surface area contributed by atoms with Crippen molar-refractivity contribution < 1.29 is 0 Å². The molecular formula is C14H18N4S. The summed E-state index contributed by atoms with van der Waals surface area (Å²) in [7, 11) is 0. The van der Waals surface area contributed by atoms with E-state index in [0.29, 0.717) is 0 Å². The van der Waals surface area contributed by atoms with Crippen molar-refractivity contribution in [3.05, 3.63) is 34.8 Å². The van der Waals surface area contributed by atoms with Crippen molar-refractivity contribution in [2.24, 2.45) is 0 Å². The van der Waals surface area contributed by atoms with E-state index in [0.717, 1.165) is 35.3 Å². The van der Waals surface area contributed by atoms with Crippen LogP contribution in [0.4, 0.5) is 10.8 Å². The summed E-state index contributed by atoms with van der Waals surface area (Å²) in [5.74, 6) is 0. The third-order valence-electron chi connectivity index (χ3n) is 3.39. The largest absolute Gasteiger partial charge is 0.399 e. The van der Waals surface area contributed by atoms with Gasteiger partial charge >= 0.3 is 0 Å². The Kier molecular flexibility index (Phi) is 3.64. The maximum absolute atomic E-state index is 5.79. The Labute approximate surface area is 117 Å². The number of nitrogen functional groups attached to an aromatic ring is 1. The Balaban J connectivity index is 1.70. The van der Waals surface area contributed by atoms with Crippen molar-refractivity contribution in [3.8, 4) is 0 Å². The lowest BCUT2D eigenvalue weighted by atomic mass is 10.1. The summed E-state index contributed by atoms with van der Waals surface area (Å²) in [6.07, 6.45) is 4.69. The van der Waals surface area contributed by atoms with Gasteiger partial charge in [-0.3, -0.25) is 0 Å². The normalized spacial score (nSPS) is 15.7. The average molecular weight is 274 g/mol. The van der Waals surface area contributed by atoms with E-state index in [2.05, 4.69) is 21.2 Å². The number of rotatable bonds is 3. The molecule has 0 atom stereocenters. The van der Waals surface area contributed by atoms with Gasteiger partial charge in [-0.05, 0) is 37.0 Å². The fraction of sp³-hybridized carbons (Fsp3) is 0.429. The summed E-state index contributed by atoms with van der Waals surface area (Å²) in [6, 6.07) is 7.97. The van der Waals surface area contributed by atoms with Gasteiger partial charge < -0.3 is 10.6 Å². The molecule has 2 heterocycles. The summed E-state index contributed by atoms with van der Waals surface area (Å²) in [4.78, 5) is 2.35. The number of nitrogens with zero attached hydrogens (tertiary/aromatic N) is 3. The zero-order valence-corrected chi connectivity index (χ0v) is 11.7. The van der Waals surface area contributed by atoms with Crippen LogP contribution < -0.4 is 10.6 Å². The van der Waals surface area contributed by atoms with E-state index in [9.17, 15) is 0 Å². The maximum atomic E-state index is 5.79. The maximum Gasteiger partial charge on any atom is 0.208 e. The van der Waals surface area contributed by atoms with Crippen molar-refractivity contribution >= 4 is 22.2 Å². The highest BCUT2D eigenvalue weighted by Gasteiger charge is 2.15. The van der Waals surface area contributed by atoms with E-state index >= 15 is 0 Å². The standard InChI is InChI=1S/C14H18N4S/c15-12-6-4-5-11(9-12)10-13-16-17-14(19-13)18-7-2-1-3-8-18/h4-6,9H,1-3,7-8,10,15H2. The van der Waals surface area contributed by atoms with E-state index in [1.165, 1.54) is 24.8 Å². The number of benzene rings is 1. The summed E-state index contributed by atoms with van der Waals surface area (Å²) in [6.45, 7) is 2.24. The fourth-order valence-corrected chi connectivity index (χ4v) is 3.33. The number of anilines is 2. The molecule has 4 nitrogen and oxygen atoms in total. The van der Waals surface area contributed by atoms with Crippen molar-refractivity contribution in [3.63, 3.8) is 0 Å². The smallest absolute Gasteiger partial charge is 0.208 e. The lowest BCUT2D eigenvalue weighted by molar-refractivity contribution is 0.575. The Hall–Kier alpha value is -1.62. The summed E-state index contributed by atoms with van der Waals surface area (Å²) in [5, 5.41) is 10.8. The number of hydrogen-bond acceptors (Lipinski definition) is 5. The van der Waals surface area contributed by atoms with E-state index in [1.54, 1.807) is 11.3 Å². The van der Waals surface area contributed by atoms with Crippen LogP contribution in [0.15, 0.2) is 24.3 Å². The van der Waals surface area contributed by atoms with Crippen molar-refractivity contribution in [2.45, 2.75) is 25.7 Å². The molecule has 0 aliphatic carbocycles. The van der Waals surface area contributed by atoms with E-state index in [-0.39, 0.29) is 0 Å². The van der Waals surface area contributed by atoms with Crippen LogP contribution >= 0.6 is 11.3 Å². The lowest BCUT2D eigenvalue weighted by Gasteiger charge is -2.25. The van der Waals surface area contributed by atoms with Crippen molar-refractivity contribution in [2.75, 3.05) is 23.7 Å². The highest BCUT2D eigenvalue weighted by molar-refractivity contribution is 7.15. The minimum atomic E-state index is 0.804. The van der Waals surface area contributed by atoms with Crippen LogP contribution in [0.5, 0.6) is 0 Å². The molecule has 1 aromatic carbocycles. The third kappa shape index (κ3) is 3.04. The summed E-state index contributed by atoms with van der Waals surface area (Å²) in [5.41, 5.74) is 7.79. The second-order valence-corrected chi connectivity index (χ2v) is 5.99. The van der Waals surface area contributed by atoms with Gasteiger partial charge in [0, 0.05) is 25.2 Å². The molecule has 19 heavy (non-hydrogen) atoms. The molecule has 1 aliphatic rings. The van der Waals surface area contributed by atoms with Gasteiger partial charge in [-0.15, -0.1) is 10.2 Å². The Morgan fingerprint density at radius 1 is 1.16 bits per heavy atom. The van der Waals surface area contributed by atoms with Crippen LogP contribution in [0.2, 0.25) is 0 Å². The van der Waals surface area contributed by atoms with Crippen LogP contribution in [-0.4, -0.2) is 23.3 Å². The molecule has 2 N–H and O–H groups in total. The second-order valence-electron chi connectivity index (χ2n) is 4.95. The molecule has 1 fully saturated rings. The molecular weight excluding hydrogens is 256 g/mol. The van der Waals surface area contributed by atoms with Gasteiger partial charge in [-0.2, -0.15) is 0 Å². The Morgan fingerprint density at radius 3 is 2.79 bits per heavy atom. The predicted molar refractivity (Wildman–Crippen MR) is 79.6 cm³/mol. The minimum Gasteiger partial charge on any atom is -0.399 e. The molecule has 0 amide bonds. The number of hydrogen-bond donors (Lipinski definition) is 1. The van der Waals surface area contributed by atoms with Gasteiger partial charge in [0.15, 0.2) is 0 Å². The molecule has 1 aromatic heterocycles. The molecule has 5 heteroatoms. The number of nitrogens with two attached hydrogens (primary N) is 1. The van der Waals surface area contributed by atoms with Gasteiger partial charge in [-0.25, -0.2) is 0 Å². The van der Waals surface area contributed by atoms with Gasteiger partial charge in [0.25, 0.3) is 0 Å². The Morgan fingerprint density at radius 2 is 2.00 bits per heavy atom. The topological polar surface area (TPSA) is 55.0 Å². The highest BCUT2D eigenvalue weighted by Crippen LogP contribution is 2.25. The summed E-state index contributed by atoms with van der Waals surface area (Å²) < 4.78 is 0. The monoisotopic (exact) mass is 274 g/mol. The van der Waals surface area contributed by atoms with E-state index in [4.69, 9.17) is 5.73 Å². The predicted octanol–water partition coefficient (Wildman–Crippen LogP) is 2.70. The van der Waals surface area contributed by atoms with Gasteiger partial charge in [0.2, 0.25) is 5.13 Å². The minimum absolute atomic E-state index is 0.804. The summed E-state index contributed by atoms with van der Waals surface area (Å²) >= 11 is 1.70. The Bertz CT molecular complexity index is 546. The van der Waals surface area contributed by atoms with Gasteiger partial charge in [0.05, 0.1) is 0 Å². The first-order valence-corrected chi connectivity index (χ1v) is 7.55. The second kappa shape index (κ2) is 5.57. The van der Waals surface area contributed by atoms with Gasteiger partial charge in [0.1, 0.15) is 5.01 Å². The molecule has 0 radical (unpaired) electrons. The third-order valence-corrected chi connectivity index (χ3v) is 4.37. The number of piperidine rings is 1. The zero-order chi connectivity index (χ0) is 13.1. The quantitative estimate of drug-likeness (QED) is 0.874. The van der Waals surface area contributed by atoms with E-state index in [1.807, 2.05) is 18.2 Å². The molecule has 100 valence electrons. The first-order chi connectivity index (χ1) is 9.31. The van der Waals surface area contributed by atoms with Crippen molar-refractivity contribution in [1.82, 2.24) is 10.2 Å².